The zero-order valence-corrected chi connectivity index (χ0v) is 20.1. The Morgan fingerprint density at radius 1 is 1.03 bits per heavy atom. The highest BCUT2D eigenvalue weighted by Gasteiger charge is 2.21. The van der Waals surface area contributed by atoms with Crippen molar-refractivity contribution < 1.29 is 18.5 Å². The van der Waals surface area contributed by atoms with E-state index in [0.29, 0.717) is 11.1 Å². The van der Waals surface area contributed by atoms with Gasteiger partial charge < -0.3 is 10.2 Å². The first-order valence-electron chi connectivity index (χ1n) is 10.7. The molecule has 0 aliphatic heterocycles. The number of hydrogen-bond donors (Lipinski definition) is 3. The van der Waals surface area contributed by atoms with Gasteiger partial charge in [0.05, 0.1) is 26.6 Å². The standard InChI is InChI=1S/C22H18F2N5O3P.C2H6/c1-33(32)17-8-4-14(5-9-17)19(13-2-6-15(23)7-3-13)27-20(30)18-11-25-22(28-21(18)31)29-12-16(24)10-26-29;1-2/h2-12,19,32H,1H3,(H,27,30)(H,25,28,31);1-2H3. The minimum absolute atomic E-state index is 0.0498. The van der Waals surface area contributed by atoms with Crippen LogP contribution in [0.25, 0.3) is 5.95 Å². The lowest BCUT2D eigenvalue weighted by Crippen LogP contribution is -2.34. The predicted molar refractivity (Wildman–Crippen MR) is 130 cm³/mol. The van der Waals surface area contributed by atoms with Crippen LogP contribution in [0.3, 0.4) is 0 Å². The fraction of sp³-hybridized carbons (Fsp3) is 0.167. The van der Waals surface area contributed by atoms with E-state index < -0.39 is 37.3 Å². The van der Waals surface area contributed by atoms with Crippen molar-refractivity contribution in [2.45, 2.75) is 19.9 Å². The molecule has 182 valence electrons. The van der Waals surface area contributed by atoms with E-state index in [2.05, 4.69) is 20.4 Å². The van der Waals surface area contributed by atoms with E-state index in [1.807, 2.05) is 13.8 Å². The van der Waals surface area contributed by atoms with Crippen molar-refractivity contribution in [3.63, 3.8) is 0 Å². The van der Waals surface area contributed by atoms with Crippen molar-refractivity contribution in [2.75, 3.05) is 6.66 Å². The van der Waals surface area contributed by atoms with E-state index in [-0.39, 0.29) is 11.5 Å². The molecule has 2 unspecified atom stereocenters. The number of aromatic amines is 1. The maximum absolute atomic E-state index is 13.5. The van der Waals surface area contributed by atoms with Gasteiger partial charge in [0.2, 0.25) is 5.95 Å². The molecule has 2 aromatic carbocycles. The number of carbonyl (C=O) groups excluding carboxylic acids is 1. The molecule has 0 saturated heterocycles. The minimum atomic E-state index is -1.29. The van der Waals surface area contributed by atoms with Crippen molar-refractivity contribution in [1.29, 1.82) is 0 Å². The summed E-state index contributed by atoms with van der Waals surface area (Å²) in [5.41, 5.74) is 0.262. The number of halogens is 2. The smallest absolute Gasteiger partial charge is 0.265 e. The van der Waals surface area contributed by atoms with Crippen LogP contribution < -0.4 is 16.2 Å². The molecule has 0 saturated carbocycles. The van der Waals surface area contributed by atoms with Gasteiger partial charge in [0.25, 0.3) is 11.5 Å². The summed E-state index contributed by atoms with van der Waals surface area (Å²) < 4.78 is 27.7. The summed E-state index contributed by atoms with van der Waals surface area (Å²) in [4.78, 5) is 41.7. The van der Waals surface area contributed by atoms with Crippen LogP contribution >= 0.6 is 8.15 Å². The Morgan fingerprint density at radius 3 is 2.14 bits per heavy atom. The topological polar surface area (TPSA) is 113 Å². The molecule has 2 aromatic heterocycles. The molecule has 0 aliphatic rings. The molecule has 0 aliphatic carbocycles. The number of hydrogen-bond acceptors (Lipinski definition) is 5. The second-order valence-electron chi connectivity index (χ2n) is 7.13. The van der Waals surface area contributed by atoms with E-state index >= 15 is 0 Å². The van der Waals surface area contributed by atoms with Gasteiger partial charge in [-0.15, -0.1) is 0 Å². The number of aromatic nitrogens is 4. The van der Waals surface area contributed by atoms with E-state index in [4.69, 9.17) is 0 Å². The highest BCUT2D eigenvalue weighted by Crippen LogP contribution is 2.26. The maximum atomic E-state index is 13.5. The molecule has 2 atom stereocenters. The minimum Gasteiger partial charge on any atom is -0.369 e. The largest absolute Gasteiger partial charge is 0.369 e. The fourth-order valence-electron chi connectivity index (χ4n) is 3.19. The van der Waals surface area contributed by atoms with Gasteiger partial charge in [-0.2, -0.15) is 5.10 Å². The third kappa shape index (κ3) is 6.23. The SMILES string of the molecule is CC.CP(O)c1ccc(C(NC(=O)c2cnc(-n3cc(F)cn3)[nH]c2=O)c2ccc(F)cc2)cc1. The number of H-pyrrole nitrogens is 1. The average molecular weight is 499 g/mol. The van der Waals surface area contributed by atoms with Crippen LogP contribution in [0.1, 0.15) is 41.4 Å². The number of amides is 1. The summed E-state index contributed by atoms with van der Waals surface area (Å²) in [6, 6.07) is 11.9. The van der Waals surface area contributed by atoms with Gasteiger partial charge in [-0.25, -0.2) is 18.4 Å². The molecule has 3 N–H and O–H groups in total. The summed E-state index contributed by atoms with van der Waals surface area (Å²) in [5, 5.41) is 7.25. The number of nitrogens with one attached hydrogen (secondary N) is 2. The monoisotopic (exact) mass is 499 g/mol. The quantitative estimate of drug-likeness (QED) is 0.352. The van der Waals surface area contributed by atoms with Gasteiger partial charge in [-0.3, -0.25) is 14.6 Å². The number of nitrogens with zero attached hydrogens (tertiary/aromatic N) is 3. The second kappa shape index (κ2) is 11.6. The zero-order valence-electron chi connectivity index (χ0n) is 19.2. The Morgan fingerprint density at radius 2 is 1.63 bits per heavy atom. The summed E-state index contributed by atoms with van der Waals surface area (Å²) in [6.07, 6.45) is 3.06. The van der Waals surface area contributed by atoms with Gasteiger partial charge >= 0.3 is 0 Å². The fourth-order valence-corrected chi connectivity index (χ4v) is 3.77. The van der Waals surface area contributed by atoms with Crippen LogP contribution in [0.4, 0.5) is 8.78 Å². The Hall–Kier alpha value is -3.75. The lowest BCUT2D eigenvalue weighted by molar-refractivity contribution is 0.0941. The van der Waals surface area contributed by atoms with Crippen molar-refractivity contribution >= 4 is 19.4 Å². The molecule has 11 heteroatoms. The van der Waals surface area contributed by atoms with Crippen molar-refractivity contribution in [2.24, 2.45) is 0 Å². The lowest BCUT2D eigenvalue weighted by Gasteiger charge is -2.20. The third-order valence-electron chi connectivity index (χ3n) is 4.88. The molecule has 2 heterocycles. The van der Waals surface area contributed by atoms with Crippen LogP contribution in [-0.4, -0.2) is 37.2 Å². The first-order valence-corrected chi connectivity index (χ1v) is 12.4. The Balaban J connectivity index is 0.00000167. The molecular weight excluding hydrogens is 475 g/mol. The molecule has 0 spiro atoms. The molecule has 0 fully saturated rings. The van der Waals surface area contributed by atoms with E-state index in [9.17, 15) is 23.3 Å². The highest BCUT2D eigenvalue weighted by atomic mass is 31.1. The van der Waals surface area contributed by atoms with Gasteiger partial charge in [-0.05, 0) is 29.9 Å². The highest BCUT2D eigenvalue weighted by molar-refractivity contribution is 7.59. The van der Waals surface area contributed by atoms with Crippen molar-refractivity contribution in [3.05, 3.63) is 106 Å². The lowest BCUT2D eigenvalue weighted by atomic mass is 9.98. The normalized spacial score (nSPS) is 12.3. The van der Waals surface area contributed by atoms with Crippen LogP contribution in [0.2, 0.25) is 0 Å². The van der Waals surface area contributed by atoms with E-state index in [1.165, 1.54) is 24.3 Å². The van der Waals surface area contributed by atoms with Gasteiger partial charge in [0.15, 0.2) is 5.82 Å². The van der Waals surface area contributed by atoms with Crippen molar-refractivity contribution in [1.82, 2.24) is 25.1 Å². The first kappa shape index (κ1) is 25.9. The molecular formula is C24H24F2N5O3P. The van der Waals surface area contributed by atoms with E-state index in [0.717, 1.165) is 28.6 Å². The van der Waals surface area contributed by atoms with Crippen LogP contribution in [0.15, 0.2) is 71.9 Å². The molecule has 1 amide bonds. The van der Waals surface area contributed by atoms with Gasteiger partial charge in [-0.1, -0.05) is 50.2 Å². The average Bonchev–Trinajstić information content (AvgIpc) is 3.30. The van der Waals surface area contributed by atoms with Crippen LogP contribution in [-0.2, 0) is 0 Å². The Labute approximate surface area is 201 Å². The molecule has 35 heavy (non-hydrogen) atoms. The van der Waals surface area contributed by atoms with Gasteiger partial charge in [0.1, 0.15) is 11.4 Å². The van der Waals surface area contributed by atoms with Crippen LogP contribution in [0.5, 0.6) is 0 Å². The van der Waals surface area contributed by atoms with Crippen LogP contribution in [0, 0.1) is 11.6 Å². The van der Waals surface area contributed by atoms with Gasteiger partial charge in [0, 0.05) is 11.5 Å². The Bertz CT molecular complexity index is 1340. The first-order chi connectivity index (χ1) is 16.8. The molecule has 4 aromatic rings. The predicted octanol–water partition coefficient (Wildman–Crippen LogP) is 3.42. The maximum Gasteiger partial charge on any atom is 0.265 e. The number of rotatable bonds is 6. The number of carbonyl (C=O) groups is 1. The third-order valence-corrected chi connectivity index (χ3v) is 5.92. The molecule has 0 bridgehead atoms. The molecule has 0 radical (unpaired) electrons. The molecule has 4 rings (SSSR count). The molecule has 8 nitrogen and oxygen atoms in total. The Kier molecular flexibility index (Phi) is 8.57. The van der Waals surface area contributed by atoms with Crippen molar-refractivity contribution in [3.8, 4) is 5.95 Å². The van der Waals surface area contributed by atoms with E-state index in [1.54, 1.807) is 30.9 Å². The summed E-state index contributed by atoms with van der Waals surface area (Å²) in [6.45, 7) is 5.70. The summed E-state index contributed by atoms with van der Waals surface area (Å²) in [5.74, 6) is -1.79. The number of benzene rings is 2. The summed E-state index contributed by atoms with van der Waals surface area (Å²) in [7, 11) is -1.29. The zero-order chi connectivity index (χ0) is 25.5. The summed E-state index contributed by atoms with van der Waals surface area (Å²) >= 11 is 0. The second-order valence-corrected chi connectivity index (χ2v) is 8.69.